The maximum Gasteiger partial charge on any atom is 0.182 e. The fourth-order valence-corrected chi connectivity index (χ4v) is 4.47. The predicted octanol–water partition coefficient (Wildman–Crippen LogP) is 6.40. The van der Waals surface area contributed by atoms with Gasteiger partial charge in [-0.2, -0.15) is 0 Å². The van der Waals surface area contributed by atoms with Crippen LogP contribution >= 0.6 is 0 Å². The lowest BCUT2D eigenvalue weighted by molar-refractivity contribution is 0.990. The van der Waals surface area contributed by atoms with Gasteiger partial charge >= 0.3 is 0 Å². The summed E-state index contributed by atoms with van der Waals surface area (Å²) in [6.07, 6.45) is 1.86. The second kappa shape index (κ2) is 12.7. The molecule has 0 amide bonds. The Kier molecular flexibility index (Phi) is 8.08. The molecule has 208 valence electrons. The first-order chi connectivity index (χ1) is 21.2. The first-order valence-corrected chi connectivity index (χ1v) is 13.8. The number of rotatable bonds is 8. The summed E-state index contributed by atoms with van der Waals surface area (Å²) in [5, 5.41) is 3.26. The van der Waals surface area contributed by atoms with Crippen LogP contribution in [-0.2, 0) is 0 Å². The highest BCUT2D eigenvalue weighted by molar-refractivity contribution is 6.10. The minimum atomic E-state index is 0.434. The molecular formula is C35H28N8. The van der Waals surface area contributed by atoms with Crippen LogP contribution < -0.4 is 5.32 Å². The SMILES string of the molecule is CN=C(/C=C(\NC)c1nc(-c2ccccc2)nc(-c2ccccc2)n1)c1nc(-c2ccccc2)nc(-c2ccccc2)n1. The standard InChI is InChI=1S/C35H28N8/c1-36-28(34-40-30(24-15-7-3-8-16-24)38-31(41-34)25-17-9-4-10-18-25)23-29(37-2)35-42-32(26-19-11-5-12-20-26)39-33(43-35)27-21-13-6-14-22-27/h3-23,36H,1-2H3/b28-23-,37-29?. The molecule has 2 aromatic heterocycles. The van der Waals surface area contributed by atoms with Gasteiger partial charge in [-0.1, -0.05) is 121 Å². The monoisotopic (exact) mass is 560 g/mol. The van der Waals surface area contributed by atoms with Crippen LogP contribution in [0.15, 0.2) is 132 Å². The molecule has 0 bridgehead atoms. The molecule has 0 radical (unpaired) electrons. The van der Waals surface area contributed by atoms with Crippen molar-refractivity contribution in [2.45, 2.75) is 0 Å². The van der Waals surface area contributed by atoms with Crippen molar-refractivity contribution in [3.63, 3.8) is 0 Å². The molecule has 4 aromatic carbocycles. The van der Waals surface area contributed by atoms with Crippen molar-refractivity contribution in [3.8, 4) is 45.6 Å². The molecule has 0 saturated carbocycles. The van der Waals surface area contributed by atoms with Gasteiger partial charge < -0.3 is 5.32 Å². The molecule has 6 aromatic rings. The third kappa shape index (κ3) is 6.23. The van der Waals surface area contributed by atoms with Crippen LogP contribution in [0.5, 0.6) is 0 Å². The lowest BCUT2D eigenvalue weighted by atomic mass is 10.1. The van der Waals surface area contributed by atoms with E-state index in [2.05, 4.69) is 10.3 Å². The average Bonchev–Trinajstić information content (AvgIpc) is 3.10. The molecule has 0 unspecified atom stereocenters. The number of nitrogens with one attached hydrogen (secondary N) is 1. The van der Waals surface area contributed by atoms with Gasteiger partial charge in [0, 0.05) is 36.3 Å². The van der Waals surface area contributed by atoms with Gasteiger partial charge in [0.1, 0.15) is 5.71 Å². The molecule has 0 fully saturated rings. The Bertz CT molecular complexity index is 1770. The lowest BCUT2D eigenvalue weighted by Gasteiger charge is -2.12. The smallest absolute Gasteiger partial charge is 0.182 e. The molecule has 0 saturated heterocycles. The maximum absolute atomic E-state index is 4.85. The maximum atomic E-state index is 4.85. The van der Waals surface area contributed by atoms with Crippen molar-refractivity contribution in [1.82, 2.24) is 35.2 Å². The normalized spacial score (nSPS) is 11.8. The zero-order chi connectivity index (χ0) is 29.4. The predicted molar refractivity (Wildman–Crippen MR) is 171 cm³/mol. The molecule has 6 rings (SSSR count). The Morgan fingerprint density at radius 1 is 0.488 bits per heavy atom. The van der Waals surface area contributed by atoms with Crippen LogP contribution in [0.4, 0.5) is 0 Å². The Morgan fingerprint density at radius 3 is 1.12 bits per heavy atom. The third-order valence-electron chi connectivity index (χ3n) is 6.66. The Morgan fingerprint density at radius 2 is 0.814 bits per heavy atom. The summed E-state index contributed by atoms with van der Waals surface area (Å²) >= 11 is 0. The van der Waals surface area contributed by atoms with E-state index in [0.717, 1.165) is 22.3 Å². The van der Waals surface area contributed by atoms with E-state index in [0.29, 0.717) is 46.4 Å². The second-order valence-corrected chi connectivity index (χ2v) is 9.49. The quantitative estimate of drug-likeness (QED) is 0.215. The van der Waals surface area contributed by atoms with E-state index < -0.39 is 0 Å². The van der Waals surface area contributed by atoms with Crippen molar-refractivity contribution in [3.05, 3.63) is 139 Å². The highest BCUT2D eigenvalue weighted by Crippen LogP contribution is 2.24. The lowest BCUT2D eigenvalue weighted by Crippen LogP contribution is -2.15. The molecule has 0 spiro atoms. The third-order valence-corrected chi connectivity index (χ3v) is 6.66. The minimum Gasteiger partial charge on any atom is -0.385 e. The van der Waals surface area contributed by atoms with Gasteiger partial charge in [-0.05, 0) is 6.08 Å². The minimum absolute atomic E-state index is 0.434. The van der Waals surface area contributed by atoms with Gasteiger partial charge in [0.15, 0.2) is 34.9 Å². The van der Waals surface area contributed by atoms with Crippen molar-refractivity contribution in [2.75, 3.05) is 14.1 Å². The molecule has 0 atom stereocenters. The Labute approximate surface area is 250 Å². The number of benzene rings is 4. The first kappa shape index (κ1) is 27.3. The molecule has 43 heavy (non-hydrogen) atoms. The van der Waals surface area contributed by atoms with Gasteiger partial charge in [0.25, 0.3) is 0 Å². The van der Waals surface area contributed by atoms with Crippen molar-refractivity contribution in [2.24, 2.45) is 4.99 Å². The molecule has 0 aliphatic heterocycles. The summed E-state index contributed by atoms with van der Waals surface area (Å²) in [5.74, 6) is 3.16. The van der Waals surface area contributed by atoms with Gasteiger partial charge in [0.05, 0.1) is 5.70 Å². The van der Waals surface area contributed by atoms with Crippen LogP contribution in [0, 0.1) is 0 Å². The van der Waals surface area contributed by atoms with E-state index >= 15 is 0 Å². The number of aromatic nitrogens is 6. The van der Waals surface area contributed by atoms with E-state index in [9.17, 15) is 0 Å². The topological polar surface area (TPSA) is 102 Å². The number of allylic oxidation sites excluding steroid dienone is 1. The Balaban J connectivity index is 1.49. The fraction of sp³-hybridized carbons (Fsp3) is 0.0571. The molecule has 0 aliphatic rings. The van der Waals surface area contributed by atoms with Crippen molar-refractivity contribution < 1.29 is 0 Å². The van der Waals surface area contributed by atoms with Gasteiger partial charge in [-0.3, -0.25) is 4.99 Å². The highest BCUT2D eigenvalue weighted by Gasteiger charge is 2.17. The van der Waals surface area contributed by atoms with E-state index in [1.807, 2.05) is 134 Å². The van der Waals surface area contributed by atoms with E-state index in [-0.39, 0.29) is 0 Å². The number of hydrogen-bond donors (Lipinski definition) is 1. The van der Waals surface area contributed by atoms with Crippen molar-refractivity contribution in [1.29, 1.82) is 0 Å². The average molecular weight is 561 g/mol. The van der Waals surface area contributed by atoms with E-state index in [4.69, 9.17) is 29.9 Å². The van der Waals surface area contributed by atoms with Gasteiger partial charge in [-0.15, -0.1) is 0 Å². The number of hydrogen-bond acceptors (Lipinski definition) is 8. The summed E-state index contributed by atoms with van der Waals surface area (Å²) in [6, 6.07) is 39.4. The van der Waals surface area contributed by atoms with Crippen LogP contribution in [0.2, 0.25) is 0 Å². The van der Waals surface area contributed by atoms with Gasteiger partial charge in [-0.25, -0.2) is 29.9 Å². The number of nitrogens with zero attached hydrogens (tertiary/aromatic N) is 7. The van der Waals surface area contributed by atoms with Gasteiger partial charge in [0.2, 0.25) is 0 Å². The molecule has 8 nitrogen and oxygen atoms in total. The zero-order valence-electron chi connectivity index (χ0n) is 23.8. The van der Waals surface area contributed by atoms with Crippen LogP contribution in [-0.4, -0.2) is 49.7 Å². The summed E-state index contributed by atoms with van der Waals surface area (Å²) in [7, 11) is 3.54. The van der Waals surface area contributed by atoms with Crippen LogP contribution in [0.3, 0.4) is 0 Å². The summed E-state index contributed by atoms with van der Waals surface area (Å²) in [5.41, 5.74) is 4.73. The van der Waals surface area contributed by atoms with E-state index in [1.54, 1.807) is 7.05 Å². The van der Waals surface area contributed by atoms with E-state index in [1.165, 1.54) is 0 Å². The molecular weight excluding hydrogens is 532 g/mol. The first-order valence-electron chi connectivity index (χ1n) is 13.8. The summed E-state index contributed by atoms with van der Waals surface area (Å²) in [4.78, 5) is 33.5. The van der Waals surface area contributed by atoms with Crippen LogP contribution in [0.25, 0.3) is 51.2 Å². The molecule has 1 N–H and O–H groups in total. The second-order valence-electron chi connectivity index (χ2n) is 9.49. The summed E-state index contributed by atoms with van der Waals surface area (Å²) in [6.45, 7) is 0. The largest absolute Gasteiger partial charge is 0.385 e. The highest BCUT2D eigenvalue weighted by atomic mass is 15.1. The Hall–Kier alpha value is -5.89. The summed E-state index contributed by atoms with van der Waals surface area (Å²) < 4.78 is 0. The van der Waals surface area contributed by atoms with Crippen molar-refractivity contribution >= 4 is 11.4 Å². The fourth-order valence-electron chi connectivity index (χ4n) is 4.47. The molecule has 8 heteroatoms. The molecule has 0 aliphatic carbocycles. The number of aliphatic imine (C=N–C) groups is 1. The zero-order valence-corrected chi connectivity index (χ0v) is 23.8. The molecule has 2 heterocycles. The van der Waals surface area contributed by atoms with Crippen LogP contribution in [0.1, 0.15) is 11.6 Å².